The minimum Gasteiger partial charge on any atom is -0.336 e. The van der Waals surface area contributed by atoms with Gasteiger partial charge >= 0.3 is 4.87 Å². The number of para-hydroxylation sites is 1. The molecule has 1 saturated heterocycles. The molecule has 4 rings (SSSR count). The number of amides is 1. The molecule has 140 valence electrons. The predicted molar refractivity (Wildman–Crippen MR) is 105 cm³/mol. The Morgan fingerprint density at radius 2 is 1.67 bits per heavy atom. The quantitative estimate of drug-likeness (QED) is 0.694. The van der Waals surface area contributed by atoms with Gasteiger partial charge in [0.15, 0.2) is 0 Å². The molecule has 1 aromatic heterocycles. The number of nitrogens with zero attached hydrogens (tertiary/aromatic N) is 3. The summed E-state index contributed by atoms with van der Waals surface area (Å²) in [5.41, 5.74) is 1.50. The highest BCUT2D eigenvalue weighted by Crippen LogP contribution is 2.16. The Balaban J connectivity index is 1.34. The number of aromatic nitrogens is 1. The van der Waals surface area contributed by atoms with Gasteiger partial charge in [0.25, 0.3) is 5.91 Å². The van der Waals surface area contributed by atoms with Gasteiger partial charge in [0.2, 0.25) is 0 Å². The number of benzene rings is 2. The van der Waals surface area contributed by atoms with Gasteiger partial charge in [-0.25, -0.2) is 4.39 Å². The van der Waals surface area contributed by atoms with Crippen molar-refractivity contribution in [3.8, 4) is 0 Å². The number of carbonyl (C=O) groups excluding carboxylic acids is 1. The average Bonchev–Trinajstić information content (AvgIpc) is 3.02. The van der Waals surface area contributed by atoms with Crippen molar-refractivity contribution in [2.75, 3.05) is 32.7 Å². The van der Waals surface area contributed by atoms with Crippen molar-refractivity contribution in [3.63, 3.8) is 0 Å². The summed E-state index contributed by atoms with van der Waals surface area (Å²) in [6, 6.07) is 13.5. The SMILES string of the molecule is O=C(c1ccc(F)cc1)N1CCN(CCn2c(=O)sc3ccccc32)CC1. The number of fused-ring (bicyclic) bond motifs is 1. The topological polar surface area (TPSA) is 45.6 Å². The van der Waals surface area contributed by atoms with Gasteiger partial charge in [-0.15, -0.1) is 0 Å². The van der Waals surface area contributed by atoms with Crippen LogP contribution in [-0.2, 0) is 6.54 Å². The summed E-state index contributed by atoms with van der Waals surface area (Å²) in [6.07, 6.45) is 0. The minimum atomic E-state index is -0.340. The number of rotatable bonds is 4. The molecule has 0 radical (unpaired) electrons. The normalized spacial score (nSPS) is 15.4. The molecule has 1 aliphatic heterocycles. The third kappa shape index (κ3) is 3.79. The molecule has 0 spiro atoms. The summed E-state index contributed by atoms with van der Waals surface area (Å²) in [5, 5.41) is 0. The summed E-state index contributed by atoms with van der Waals surface area (Å²) in [6.45, 7) is 4.23. The van der Waals surface area contributed by atoms with Gasteiger partial charge in [0.05, 0.1) is 10.2 Å². The molecule has 0 saturated carbocycles. The number of hydrogen-bond acceptors (Lipinski definition) is 4. The fourth-order valence-corrected chi connectivity index (χ4v) is 4.33. The second-order valence-corrected chi connectivity index (χ2v) is 7.62. The van der Waals surface area contributed by atoms with Crippen LogP contribution >= 0.6 is 11.3 Å². The summed E-state index contributed by atoms with van der Waals surface area (Å²) in [7, 11) is 0. The molecular formula is C20H20FN3O2S. The van der Waals surface area contributed by atoms with Crippen LogP contribution in [0.3, 0.4) is 0 Å². The van der Waals surface area contributed by atoms with E-state index in [4.69, 9.17) is 0 Å². The number of thiazole rings is 1. The van der Waals surface area contributed by atoms with Crippen molar-refractivity contribution in [2.45, 2.75) is 6.54 Å². The highest BCUT2D eigenvalue weighted by molar-refractivity contribution is 7.16. The molecule has 5 nitrogen and oxygen atoms in total. The van der Waals surface area contributed by atoms with Crippen molar-refractivity contribution in [2.24, 2.45) is 0 Å². The first-order valence-corrected chi connectivity index (χ1v) is 9.79. The van der Waals surface area contributed by atoms with E-state index in [1.807, 2.05) is 28.8 Å². The smallest absolute Gasteiger partial charge is 0.308 e. The number of carbonyl (C=O) groups is 1. The van der Waals surface area contributed by atoms with Crippen LogP contribution in [0.5, 0.6) is 0 Å². The Labute approximate surface area is 160 Å². The lowest BCUT2D eigenvalue weighted by Gasteiger charge is -2.34. The molecule has 0 unspecified atom stereocenters. The van der Waals surface area contributed by atoms with Crippen molar-refractivity contribution < 1.29 is 9.18 Å². The van der Waals surface area contributed by atoms with Gasteiger partial charge in [-0.3, -0.25) is 19.1 Å². The Morgan fingerprint density at radius 3 is 2.41 bits per heavy atom. The van der Waals surface area contributed by atoms with Crippen LogP contribution in [0.1, 0.15) is 10.4 Å². The first kappa shape index (κ1) is 17.9. The predicted octanol–water partition coefficient (Wildman–Crippen LogP) is 2.66. The standard InChI is InChI=1S/C20H20FN3O2S/c21-16-7-5-15(6-8-16)19(25)23-12-9-22(10-13-23)11-14-24-17-3-1-2-4-18(17)27-20(24)26/h1-8H,9-14H2. The minimum absolute atomic E-state index is 0.0605. The summed E-state index contributed by atoms with van der Waals surface area (Å²) in [5.74, 6) is -0.401. The molecule has 1 amide bonds. The summed E-state index contributed by atoms with van der Waals surface area (Å²) < 4.78 is 15.9. The fraction of sp³-hybridized carbons (Fsp3) is 0.300. The molecule has 0 bridgehead atoms. The van der Waals surface area contributed by atoms with Gasteiger partial charge in [0, 0.05) is 44.8 Å². The zero-order valence-corrected chi connectivity index (χ0v) is 15.6. The highest BCUT2D eigenvalue weighted by Gasteiger charge is 2.22. The maximum absolute atomic E-state index is 13.0. The largest absolute Gasteiger partial charge is 0.336 e. The Kier molecular flexibility index (Phi) is 5.05. The van der Waals surface area contributed by atoms with E-state index >= 15 is 0 Å². The second-order valence-electron chi connectivity index (χ2n) is 6.63. The number of hydrogen-bond donors (Lipinski definition) is 0. The van der Waals surface area contributed by atoms with Crippen LogP contribution in [0, 0.1) is 5.82 Å². The van der Waals surface area contributed by atoms with Crippen LogP contribution in [0.25, 0.3) is 10.2 Å². The van der Waals surface area contributed by atoms with Crippen molar-refractivity contribution in [1.29, 1.82) is 0 Å². The van der Waals surface area contributed by atoms with E-state index in [1.165, 1.54) is 35.6 Å². The van der Waals surface area contributed by atoms with E-state index in [1.54, 1.807) is 4.90 Å². The first-order valence-electron chi connectivity index (χ1n) is 8.97. The zero-order valence-electron chi connectivity index (χ0n) is 14.8. The van der Waals surface area contributed by atoms with Crippen molar-refractivity contribution in [3.05, 3.63) is 69.6 Å². The summed E-state index contributed by atoms with van der Waals surface area (Å²) >= 11 is 1.28. The van der Waals surface area contributed by atoms with E-state index in [0.29, 0.717) is 25.2 Å². The van der Waals surface area contributed by atoms with Gasteiger partial charge in [-0.05, 0) is 36.4 Å². The monoisotopic (exact) mass is 385 g/mol. The number of piperazine rings is 1. The van der Waals surface area contributed by atoms with Crippen molar-refractivity contribution >= 4 is 27.5 Å². The molecule has 7 heteroatoms. The van der Waals surface area contributed by atoms with E-state index in [2.05, 4.69) is 4.90 Å². The average molecular weight is 385 g/mol. The Bertz CT molecular complexity index is 1000. The van der Waals surface area contributed by atoms with E-state index in [9.17, 15) is 14.0 Å². The maximum Gasteiger partial charge on any atom is 0.308 e. The van der Waals surface area contributed by atoms with Gasteiger partial charge in [-0.1, -0.05) is 23.5 Å². The third-order valence-electron chi connectivity index (χ3n) is 4.96. The molecule has 2 heterocycles. The van der Waals surface area contributed by atoms with E-state index in [-0.39, 0.29) is 16.6 Å². The van der Waals surface area contributed by atoms with Crippen LogP contribution in [0.2, 0.25) is 0 Å². The van der Waals surface area contributed by atoms with Crippen molar-refractivity contribution in [1.82, 2.24) is 14.4 Å². The van der Waals surface area contributed by atoms with Gasteiger partial charge in [-0.2, -0.15) is 0 Å². The lowest BCUT2D eigenvalue weighted by molar-refractivity contribution is 0.0633. The Morgan fingerprint density at radius 1 is 0.963 bits per heavy atom. The maximum atomic E-state index is 13.0. The van der Waals surface area contributed by atoms with Crippen LogP contribution in [0.15, 0.2) is 53.3 Å². The molecule has 1 aliphatic rings. The first-order chi connectivity index (χ1) is 13.1. The Hall–Kier alpha value is -2.51. The fourth-order valence-electron chi connectivity index (χ4n) is 3.42. The van der Waals surface area contributed by atoms with E-state index in [0.717, 1.165) is 29.9 Å². The number of halogens is 1. The molecule has 3 aromatic rings. The molecule has 0 aliphatic carbocycles. The van der Waals surface area contributed by atoms with Crippen LogP contribution in [-0.4, -0.2) is 53.0 Å². The van der Waals surface area contributed by atoms with Gasteiger partial charge in [0.1, 0.15) is 5.82 Å². The van der Waals surface area contributed by atoms with Crippen LogP contribution in [0.4, 0.5) is 4.39 Å². The third-order valence-corrected chi connectivity index (χ3v) is 5.92. The molecule has 1 fully saturated rings. The molecule has 0 atom stereocenters. The molecule has 0 N–H and O–H groups in total. The summed E-state index contributed by atoms with van der Waals surface area (Å²) in [4.78, 5) is 28.9. The molecular weight excluding hydrogens is 365 g/mol. The lowest BCUT2D eigenvalue weighted by atomic mass is 10.2. The van der Waals surface area contributed by atoms with Gasteiger partial charge < -0.3 is 4.90 Å². The zero-order chi connectivity index (χ0) is 18.8. The second kappa shape index (κ2) is 7.62. The highest BCUT2D eigenvalue weighted by atomic mass is 32.1. The molecule has 27 heavy (non-hydrogen) atoms. The molecule has 2 aromatic carbocycles. The van der Waals surface area contributed by atoms with Crippen LogP contribution < -0.4 is 4.87 Å². The van der Waals surface area contributed by atoms with E-state index < -0.39 is 0 Å². The lowest BCUT2D eigenvalue weighted by Crippen LogP contribution is -2.49.